The molecule has 0 aliphatic heterocycles. The van der Waals surface area contributed by atoms with E-state index in [2.05, 4.69) is 17.9 Å². The second kappa shape index (κ2) is 6.23. The fourth-order valence-corrected chi connectivity index (χ4v) is 2.08. The first kappa shape index (κ1) is 14.1. The molecule has 0 unspecified atom stereocenters. The van der Waals surface area contributed by atoms with Gasteiger partial charge in [0.05, 0.1) is 0 Å². The monoisotopic (exact) mass is 266 g/mol. The molecule has 1 aromatic rings. The molecule has 102 valence electrons. The number of aliphatic hydroxyl groups excluding tert-OH is 1. The number of rotatable bonds is 3. The van der Waals surface area contributed by atoms with E-state index in [0.717, 1.165) is 17.6 Å². The zero-order chi connectivity index (χ0) is 14.5. The van der Waals surface area contributed by atoms with Crippen LogP contribution in [0, 0.1) is 5.92 Å². The number of allylic oxidation sites excluding steroid dienone is 4. The SMILES string of the molecule is CC(C)C1=CC(=O)C(O)=CC1=C=CCc1ccccc1. The van der Waals surface area contributed by atoms with Crippen LogP contribution in [0.25, 0.3) is 0 Å². The summed E-state index contributed by atoms with van der Waals surface area (Å²) in [5.41, 5.74) is 6.09. The summed E-state index contributed by atoms with van der Waals surface area (Å²) in [6.45, 7) is 4.04. The first-order valence-electron chi connectivity index (χ1n) is 6.74. The number of aliphatic hydroxyl groups is 1. The van der Waals surface area contributed by atoms with Gasteiger partial charge in [-0.3, -0.25) is 4.79 Å². The summed E-state index contributed by atoms with van der Waals surface area (Å²) in [5, 5.41) is 9.56. The third-order valence-electron chi connectivity index (χ3n) is 3.19. The molecule has 1 aromatic carbocycles. The molecule has 2 rings (SSSR count). The van der Waals surface area contributed by atoms with Crippen LogP contribution in [0.3, 0.4) is 0 Å². The maximum atomic E-state index is 11.5. The lowest BCUT2D eigenvalue weighted by molar-refractivity contribution is -0.113. The van der Waals surface area contributed by atoms with Crippen molar-refractivity contribution >= 4 is 5.78 Å². The molecule has 2 nitrogen and oxygen atoms in total. The van der Waals surface area contributed by atoms with Crippen LogP contribution in [0.5, 0.6) is 0 Å². The fourth-order valence-electron chi connectivity index (χ4n) is 2.08. The number of hydrogen-bond donors (Lipinski definition) is 1. The fraction of sp³-hybridized carbons (Fsp3) is 0.222. The lowest BCUT2D eigenvalue weighted by Crippen LogP contribution is -2.09. The smallest absolute Gasteiger partial charge is 0.220 e. The number of benzene rings is 1. The van der Waals surface area contributed by atoms with Gasteiger partial charge in [-0.2, -0.15) is 0 Å². The lowest BCUT2D eigenvalue weighted by atomic mass is 9.90. The summed E-state index contributed by atoms with van der Waals surface area (Å²) in [7, 11) is 0. The predicted octanol–water partition coefficient (Wildman–Crippen LogP) is 3.92. The Kier molecular flexibility index (Phi) is 4.39. The van der Waals surface area contributed by atoms with Crippen LogP contribution in [0.15, 0.2) is 71.2 Å². The van der Waals surface area contributed by atoms with Crippen molar-refractivity contribution in [3.63, 3.8) is 0 Å². The third-order valence-corrected chi connectivity index (χ3v) is 3.19. The van der Waals surface area contributed by atoms with Crippen molar-refractivity contribution in [2.24, 2.45) is 5.92 Å². The minimum absolute atomic E-state index is 0.218. The maximum Gasteiger partial charge on any atom is 0.220 e. The van der Waals surface area contributed by atoms with Gasteiger partial charge < -0.3 is 5.11 Å². The molecule has 0 atom stereocenters. The highest BCUT2D eigenvalue weighted by atomic mass is 16.3. The van der Waals surface area contributed by atoms with Gasteiger partial charge in [-0.1, -0.05) is 44.2 Å². The molecular formula is C18H18O2. The molecule has 1 aliphatic carbocycles. The highest BCUT2D eigenvalue weighted by Crippen LogP contribution is 2.25. The van der Waals surface area contributed by atoms with Crippen LogP contribution in [0.4, 0.5) is 0 Å². The average Bonchev–Trinajstić information content (AvgIpc) is 2.43. The molecule has 0 heterocycles. The lowest BCUT2D eigenvalue weighted by Gasteiger charge is -2.14. The Morgan fingerprint density at radius 2 is 1.90 bits per heavy atom. The van der Waals surface area contributed by atoms with Crippen molar-refractivity contribution in [1.29, 1.82) is 0 Å². The molecule has 0 aromatic heterocycles. The van der Waals surface area contributed by atoms with Crippen LogP contribution >= 0.6 is 0 Å². The van der Waals surface area contributed by atoms with Gasteiger partial charge in [0, 0.05) is 5.57 Å². The first-order chi connectivity index (χ1) is 9.58. The van der Waals surface area contributed by atoms with Gasteiger partial charge in [0.25, 0.3) is 0 Å². The van der Waals surface area contributed by atoms with Gasteiger partial charge in [0.2, 0.25) is 5.78 Å². The average molecular weight is 266 g/mol. The molecule has 1 N–H and O–H groups in total. The Morgan fingerprint density at radius 3 is 2.55 bits per heavy atom. The maximum absolute atomic E-state index is 11.5. The van der Waals surface area contributed by atoms with Gasteiger partial charge in [0.15, 0.2) is 5.76 Å². The molecule has 0 bridgehead atoms. The van der Waals surface area contributed by atoms with E-state index in [-0.39, 0.29) is 17.5 Å². The number of carbonyl (C=O) groups is 1. The van der Waals surface area contributed by atoms with Crippen molar-refractivity contribution in [1.82, 2.24) is 0 Å². The summed E-state index contributed by atoms with van der Waals surface area (Å²) in [6.07, 6.45) is 5.70. The number of carbonyl (C=O) groups excluding carboxylic acids is 1. The Balaban J connectivity index is 2.27. The van der Waals surface area contributed by atoms with Crippen LogP contribution in [-0.4, -0.2) is 10.9 Å². The molecule has 0 fully saturated rings. The summed E-state index contributed by atoms with van der Waals surface area (Å²) in [4.78, 5) is 11.5. The van der Waals surface area contributed by atoms with Crippen LogP contribution in [0.1, 0.15) is 19.4 Å². The minimum Gasteiger partial charge on any atom is -0.504 e. The van der Waals surface area contributed by atoms with Crippen molar-refractivity contribution in [2.45, 2.75) is 20.3 Å². The molecule has 0 saturated heterocycles. The van der Waals surface area contributed by atoms with E-state index in [0.29, 0.717) is 0 Å². The van der Waals surface area contributed by atoms with E-state index >= 15 is 0 Å². The molecule has 0 saturated carbocycles. The first-order valence-corrected chi connectivity index (χ1v) is 6.74. The minimum atomic E-state index is -0.331. The summed E-state index contributed by atoms with van der Waals surface area (Å²) in [6, 6.07) is 10.1. The molecule has 0 spiro atoms. The normalized spacial score (nSPS) is 14.8. The van der Waals surface area contributed by atoms with Gasteiger partial charge in [-0.05, 0) is 41.7 Å². The number of ketones is 1. The Bertz CT molecular complexity index is 625. The van der Waals surface area contributed by atoms with Crippen LogP contribution < -0.4 is 0 Å². The molecule has 0 amide bonds. The molecule has 20 heavy (non-hydrogen) atoms. The van der Waals surface area contributed by atoms with Crippen molar-refractivity contribution in [3.05, 3.63) is 76.8 Å². The Morgan fingerprint density at radius 1 is 1.20 bits per heavy atom. The highest BCUT2D eigenvalue weighted by molar-refractivity contribution is 6.05. The van der Waals surface area contributed by atoms with E-state index in [4.69, 9.17) is 0 Å². The van der Waals surface area contributed by atoms with E-state index in [1.165, 1.54) is 17.7 Å². The molecular weight excluding hydrogens is 248 g/mol. The van der Waals surface area contributed by atoms with Crippen molar-refractivity contribution < 1.29 is 9.90 Å². The van der Waals surface area contributed by atoms with Crippen LogP contribution in [-0.2, 0) is 11.2 Å². The summed E-state index contributed by atoms with van der Waals surface area (Å²) in [5.74, 6) is -0.330. The second-order valence-corrected chi connectivity index (χ2v) is 5.10. The third kappa shape index (κ3) is 3.37. The zero-order valence-electron chi connectivity index (χ0n) is 11.8. The quantitative estimate of drug-likeness (QED) is 0.842. The summed E-state index contributed by atoms with van der Waals surface area (Å²) >= 11 is 0. The highest BCUT2D eigenvalue weighted by Gasteiger charge is 2.18. The van der Waals surface area contributed by atoms with Gasteiger partial charge >= 0.3 is 0 Å². The molecule has 1 aliphatic rings. The second-order valence-electron chi connectivity index (χ2n) is 5.10. The summed E-state index contributed by atoms with van der Waals surface area (Å²) < 4.78 is 0. The van der Waals surface area contributed by atoms with E-state index in [1.54, 1.807) is 0 Å². The largest absolute Gasteiger partial charge is 0.504 e. The predicted molar refractivity (Wildman–Crippen MR) is 80.4 cm³/mol. The van der Waals surface area contributed by atoms with E-state index in [1.807, 2.05) is 38.1 Å². The van der Waals surface area contributed by atoms with E-state index < -0.39 is 0 Å². The molecule has 2 heteroatoms. The standard InChI is InChI=1S/C18H18O2/c1-13(2)16-12-18(20)17(19)11-15(16)10-6-9-14-7-4-3-5-8-14/h3-8,11-13,19H,9H2,1-2H3. The van der Waals surface area contributed by atoms with Gasteiger partial charge in [0.1, 0.15) is 0 Å². The zero-order valence-corrected chi connectivity index (χ0v) is 11.8. The van der Waals surface area contributed by atoms with Gasteiger partial charge in [-0.15, -0.1) is 5.73 Å². The van der Waals surface area contributed by atoms with E-state index in [9.17, 15) is 9.90 Å². The van der Waals surface area contributed by atoms with Crippen LogP contribution in [0.2, 0.25) is 0 Å². The van der Waals surface area contributed by atoms with Gasteiger partial charge in [-0.25, -0.2) is 0 Å². The number of hydrogen-bond acceptors (Lipinski definition) is 2. The van der Waals surface area contributed by atoms with Crippen molar-refractivity contribution in [3.8, 4) is 0 Å². The Labute approximate surface area is 119 Å². The molecule has 0 radical (unpaired) electrons. The van der Waals surface area contributed by atoms with Crippen molar-refractivity contribution in [2.75, 3.05) is 0 Å². The Hall–Kier alpha value is -2.31. The topological polar surface area (TPSA) is 37.3 Å².